The molecule has 6 nitrogen and oxygen atoms in total. The van der Waals surface area contributed by atoms with Crippen molar-refractivity contribution >= 4 is 17.9 Å². The molecule has 0 heterocycles. The van der Waals surface area contributed by atoms with Crippen molar-refractivity contribution < 1.29 is 28.6 Å². The van der Waals surface area contributed by atoms with Crippen LogP contribution in [0.4, 0.5) is 0 Å². The van der Waals surface area contributed by atoms with E-state index in [0.29, 0.717) is 19.3 Å². The highest BCUT2D eigenvalue weighted by Gasteiger charge is 2.19. The van der Waals surface area contributed by atoms with Gasteiger partial charge < -0.3 is 14.2 Å². The molecule has 0 saturated heterocycles. The Hall–Kier alpha value is -2.37. The normalized spacial score (nSPS) is 12.2. The van der Waals surface area contributed by atoms with Crippen LogP contribution in [0.3, 0.4) is 0 Å². The molecule has 0 bridgehead atoms. The summed E-state index contributed by atoms with van der Waals surface area (Å²) in [5.74, 6) is -0.866. The molecule has 0 aliphatic rings. The first kappa shape index (κ1) is 73.6. The Labute approximate surface area is 474 Å². The van der Waals surface area contributed by atoms with Gasteiger partial charge in [-0.3, -0.25) is 14.4 Å². The zero-order valence-corrected chi connectivity index (χ0v) is 51.3. The first-order valence-electron chi connectivity index (χ1n) is 34.0. The van der Waals surface area contributed by atoms with Gasteiger partial charge in [0.25, 0.3) is 0 Å². The molecule has 76 heavy (non-hydrogen) atoms. The van der Waals surface area contributed by atoms with Crippen LogP contribution < -0.4 is 0 Å². The zero-order chi connectivity index (χ0) is 55.0. The van der Waals surface area contributed by atoms with Crippen LogP contribution in [0.1, 0.15) is 374 Å². The van der Waals surface area contributed by atoms with E-state index in [1.54, 1.807) is 0 Å². The molecule has 0 spiro atoms. The van der Waals surface area contributed by atoms with Crippen molar-refractivity contribution in [3.05, 3.63) is 36.5 Å². The molecule has 0 aromatic heterocycles. The summed E-state index contributed by atoms with van der Waals surface area (Å²) in [7, 11) is 0. The fourth-order valence-electron chi connectivity index (χ4n) is 10.2. The van der Waals surface area contributed by atoms with Gasteiger partial charge in [-0.05, 0) is 77.0 Å². The highest BCUT2D eigenvalue weighted by atomic mass is 16.6. The molecule has 0 aliphatic carbocycles. The van der Waals surface area contributed by atoms with Gasteiger partial charge in [-0.15, -0.1) is 0 Å². The number of rotatable bonds is 63. The summed E-state index contributed by atoms with van der Waals surface area (Å²) in [6.07, 6.45) is 80.9. The van der Waals surface area contributed by atoms with E-state index in [9.17, 15) is 14.4 Å². The second-order valence-electron chi connectivity index (χ2n) is 23.1. The number of carbonyl (C=O) groups excluding carboxylic acids is 3. The molecule has 6 heteroatoms. The van der Waals surface area contributed by atoms with Crippen molar-refractivity contribution in [3.8, 4) is 0 Å². The van der Waals surface area contributed by atoms with Crippen LogP contribution in [-0.4, -0.2) is 37.2 Å². The van der Waals surface area contributed by atoms with E-state index >= 15 is 0 Å². The minimum atomic E-state index is -0.768. The third kappa shape index (κ3) is 62.5. The van der Waals surface area contributed by atoms with Crippen LogP contribution in [-0.2, 0) is 28.6 Å². The van der Waals surface area contributed by atoms with Crippen molar-refractivity contribution in [1.29, 1.82) is 0 Å². The third-order valence-corrected chi connectivity index (χ3v) is 15.4. The Morgan fingerprint density at radius 2 is 0.474 bits per heavy atom. The molecule has 0 radical (unpaired) electrons. The smallest absolute Gasteiger partial charge is 0.306 e. The molecule has 0 N–H and O–H groups in total. The summed E-state index contributed by atoms with van der Waals surface area (Å²) >= 11 is 0. The van der Waals surface area contributed by atoms with Crippen molar-refractivity contribution in [2.24, 2.45) is 0 Å². The number of ether oxygens (including phenoxy) is 3. The van der Waals surface area contributed by atoms with Gasteiger partial charge in [-0.1, -0.05) is 314 Å². The molecule has 0 aromatic carbocycles. The maximum atomic E-state index is 12.8. The van der Waals surface area contributed by atoms with Crippen LogP contribution >= 0.6 is 0 Å². The molecule has 0 rings (SSSR count). The van der Waals surface area contributed by atoms with Crippen LogP contribution in [0, 0.1) is 0 Å². The molecule has 0 amide bonds. The lowest BCUT2D eigenvalue weighted by atomic mass is 10.0. The molecule has 0 saturated carbocycles. The quantitative estimate of drug-likeness (QED) is 0.0261. The predicted molar refractivity (Wildman–Crippen MR) is 330 cm³/mol. The SMILES string of the molecule is CCCCCCC/C=C\C/C=C\CCCCCCCCCCCCCCCCCCCCCCCCCC(=O)OCC(COC(=O)CCCCCCC)OC(=O)CCCCCCCCC/C=C\CCCCCCCCC. The van der Waals surface area contributed by atoms with Gasteiger partial charge >= 0.3 is 17.9 Å². The van der Waals surface area contributed by atoms with Crippen molar-refractivity contribution in [1.82, 2.24) is 0 Å². The van der Waals surface area contributed by atoms with Crippen LogP contribution in [0.25, 0.3) is 0 Å². The lowest BCUT2D eigenvalue weighted by molar-refractivity contribution is -0.167. The van der Waals surface area contributed by atoms with E-state index in [-0.39, 0.29) is 31.1 Å². The number of unbranched alkanes of at least 4 members (excludes halogenated alkanes) is 46. The van der Waals surface area contributed by atoms with E-state index < -0.39 is 6.10 Å². The highest BCUT2D eigenvalue weighted by molar-refractivity contribution is 5.71. The van der Waals surface area contributed by atoms with Gasteiger partial charge in [0, 0.05) is 19.3 Å². The topological polar surface area (TPSA) is 78.9 Å². The van der Waals surface area contributed by atoms with E-state index in [0.717, 1.165) is 70.6 Å². The fraction of sp³-hybridized carbons (Fsp3) is 0.871. The Balaban J connectivity index is 3.86. The van der Waals surface area contributed by atoms with Crippen molar-refractivity contribution in [3.63, 3.8) is 0 Å². The lowest BCUT2D eigenvalue weighted by Crippen LogP contribution is -2.30. The summed E-state index contributed by atoms with van der Waals surface area (Å²) in [6, 6.07) is 0. The van der Waals surface area contributed by atoms with Crippen molar-refractivity contribution in [2.45, 2.75) is 380 Å². The number of hydrogen-bond acceptors (Lipinski definition) is 6. The Morgan fingerprint density at radius 3 is 0.737 bits per heavy atom. The molecular formula is C70H130O6. The predicted octanol–water partition coefficient (Wildman–Crippen LogP) is 23.2. The second-order valence-corrected chi connectivity index (χ2v) is 23.1. The Morgan fingerprint density at radius 1 is 0.263 bits per heavy atom. The average Bonchev–Trinajstić information content (AvgIpc) is 3.42. The van der Waals surface area contributed by atoms with Gasteiger partial charge in [-0.25, -0.2) is 0 Å². The molecule has 0 aliphatic heterocycles. The van der Waals surface area contributed by atoms with Gasteiger partial charge in [0.05, 0.1) is 0 Å². The molecule has 1 unspecified atom stereocenters. The number of allylic oxidation sites excluding steroid dienone is 6. The van der Waals surface area contributed by atoms with Crippen LogP contribution in [0.5, 0.6) is 0 Å². The average molecular weight is 1070 g/mol. The largest absolute Gasteiger partial charge is 0.462 e. The Bertz CT molecular complexity index is 1270. The van der Waals surface area contributed by atoms with Crippen LogP contribution in [0.2, 0.25) is 0 Å². The standard InChI is InChI=1S/C70H130O6/c1-4-7-10-13-15-17-19-21-23-25-27-28-29-30-31-32-33-34-35-36-37-38-39-40-41-42-43-45-46-48-50-52-54-57-60-63-69(72)75-66-67(65-74-68(71)62-59-56-12-9-6-3)76-70(73)64-61-58-55-53-51-49-47-44-26-24-22-20-18-16-14-11-8-5-2/h19,21,24-27,67H,4-18,20,22-23,28-66H2,1-3H3/b21-19-,26-24-,27-25-. The number of esters is 3. The van der Waals surface area contributed by atoms with Crippen molar-refractivity contribution in [2.75, 3.05) is 13.2 Å². The van der Waals surface area contributed by atoms with E-state index in [1.807, 2.05) is 0 Å². The van der Waals surface area contributed by atoms with Crippen LogP contribution in [0.15, 0.2) is 36.5 Å². The van der Waals surface area contributed by atoms with Gasteiger partial charge in [-0.2, -0.15) is 0 Å². The highest BCUT2D eigenvalue weighted by Crippen LogP contribution is 2.18. The Kier molecular flexibility index (Phi) is 63.1. The van der Waals surface area contributed by atoms with Gasteiger partial charge in [0.15, 0.2) is 6.10 Å². The minimum absolute atomic E-state index is 0.0692. The first-order chi connectivity index (χ1) is 37.5. The second kappa shape index (κ2) is 65.2. The van der Waals surface area contributed by atoms with Gasteiger partial charge in [0.1, 0.15) is 13.2 Å². The molecule has 0 fully saturated rings. The summed E-state index contributed by atoms with van der Waals surface area (Å²) in [4.78, 5) is 37.9. The summed E-state index contributed by atoms with van der Waals surface area (Å²) in [5.41, 5.74) is 0. The number of hydrogen-bond donors (Lipinski definition) is 0. The number of carbonyl (C=O) groups is 3. The summed E-state index contributed by atoms with van der Waals surface area (Å²) < 4.78 is 16.8. The molecule has 446 valence electrons. The maximum absolute atomic E-state index is 12.8. The van der Waals surface area contributed by atoms with E-state index in [4.69, 9.17) is 14.2 Å². The molecule has 1 atom stereocenters. The minimum Gasteiger partial charge on any atom is -0.462 e. The summed E-state index contributed by atoms with van der Waals surface area (Å²) in [6.45, 7) is 6.59. The zero-order valence-electron chi connectivity index (χ0n) is 51.3. The third-order valence-electron chi connectivity index (χ3n) is 15.4. The first-order valence-corrected chi connectivity index (χ1v) is 34.0. The fourth-order valence-corrected chi connectivity index (χ4v) is 10.2. The van der Waals surface area contributed by atoms with E-state index in [1.165, 1.54) is 263 Å². The van der Waals surface area contributed by atoms with Gasteiger partial charge in [0.2, 0.25) is 0 Å². The lowest BCUT2D eigenvalue weighted by Gasteiger charge is -2.18. The molecule has 0 aromatic rings. The molecular weight excluding hydrogens is 937 g/mol. The van der Waals surface area contributed by atoms with E-state index in [2.05, 4.69) is 57.2 Å². The summed E-state index contributed by atoms with van der Waals surface area (Å²) in [5, 5.41) is 0. The maximum Gasteiger partial charge on any atom is 0.306 e. The monoisotopic (exact) mass is 1070 g/mol.